The molecule has 0 rings (SSSR count). The van der Waals surface area contributed by atoms with Crippen LogP contribution in [-0.4, -0.2) is 31.7 Å². The standard InChI is InChI=1S/C10H22N2O2.ClH/c1-4-9(7-14-3)12-10(13)6-5-8(2)11;/h8-9H,4-7,11H2,1-3H3,(H,12,13);1H. The van der Waals surface area contributed by atoms with Crippen LogP contribution in [0.3, 0.4) is 0 Å². The van der Waals surface area contributed by atoms with Crippen LogP contribution in [0.2, 0.25) is 0 Å². The normalized spacial score (nSPS) is 13.9. The highest BCUT2D eigenvalue weighted by Gasteiger charge is 2.10. The molecule has 1 amide bonds. The molecular formula is C10H23ClN2O2. The van der Waals surface area contributed by atoms with E-state index in [9.17, 15) is 4.79 Å². The SMILES string of the molecule is CCC(COC)NC(=O)CCC(C)N.Cl. The van der Waals surface area contributed by atoms with Gasteiger partial charge in [-0.25, -0.2) is 0 Å². The fourth-order valence-corrected chi connectivity index (χ4v) is 1.12. The number of nitrogens with one attached hydrogen (secondary N) is 1. The van der Waals surface area contributed by atoms with Gasteiger partial charge in [-0.05, 0) is 19.8 Å². The number of ether oxygens (including phenoxy) is 1. The lowest BCUT2D eigenvalue weighted by atomic mass is 10.1. The van der Waals surface area contributed by atoms with E-state index in [1.165, 1.54) is 0 Å². The zero-order chi connectivity index (χ0) is 11.0. The van der Waals surface area contributed by atoms with Crippen molar-refractivity contribution in [2.45, 2.75) is 45.2 Å². The zero-order valence-corrected chi connectivity index (χ0v) is 10.6. The van der Waals surface area contributed by atoms with E-state index >= 15 is 0 Å². The molecule has 0 aliphatic rings. The van der Waals surface area contributed by atoms with Gasteiger partial charge in [0, 0.05) is 19.6 Å². The fourth-order valence-electron chi connectivity index (χ4n) is 1.12. The van der Waals surface area contributed by atoms with Crippen molar-refractivity contribution in [2.24, 2.45) is 5.73 Å². The number of rotatable bonds is 7. The molecule has 0 aromatic rings. The molecule has 0 saturated heterocycles. The molecule has 0 fully saturated rings. The maximum atomic E-state index is 11.4. The number of carbonyl (C=O) groups is 1. The average Bonchev–Trinajstić information content (AvgIpc) is 2.14. The largest absolute Gasteiger partial charge is 0.383 e. The van der Waals surface area contributed by atoms with Crippen molar-refractivity contribution in [1.29, 1.82) is 0 Å². The molecule has 5 heteroatoms. The van der Waals surface area contributed by atoms with Gasteiger partial charge >= 0.3 is 0 Å². The Morgan fingerprint density at radius 2 is 2.13 bits per heavy atom. The summed E-state index contributed by atoms with van der Waals surface area (Å²) in [5.74, 6) is 0.0613. The number of hydrogen-bond acceptors (Lipinski definition) is 3. The van der Waals surface area contributed by atoms with Gasteiger partial charge in [-0.3, -0.25) is 4.79 Å². The van der Waals surface area contributed by atoms with E-state index in [2.05, 4.69) is 5.32 Å². The average molecular weight is 239 g/mol. The molecule has 0 bridgehead atoms. The van der Waals surface area contributed by atoms with E-state index in [0.29, 0.717) is 13.0 Å². The minimum Gasteiger partial charge on any atom is -0.383 e. The van der Waals surface area contributed by atoms with Gasteiger partial charge in [0.2, 0.25) is 5.91 Å². The molecule has 4 nitrogen and oxygen atoms in total. The van der Waals surface area contributed by atoms with Crippen molar-refractivity contribution >= 4 is 18.3 Å². The Hall–Kier alpha value is -0.320. The Morgan fingerprint density at radius 3 is 2.53 bits per heavy atom. The number of nitrogens with two attached hydrogens (primary N) is 1. The third-order valence-electron chi connectivity index (χ3n) is 2.05. The molecule has 3 N–H and O–H groups in total. The Kier molecular flexibility index (Phi) is 11.6. The van der Waals surface area contributed by atoms with Gasteiger partial charge in [-0.2, -0.15) is 0 Å². The quantitative estimate of drug-likeness (QED) is 0.698. The smallest absolute Gasteiger partial charge is 0.220 e. The zero-order valence-electron chi connectivity index (χ0n) is 9.79. The van der Waals surface area contributed by atoms with E-state index in [-0.39, 0.29) is 30.4 Å². The van der Waals surface area contributed by atoms with Gasteiger partial charge in [0.05, 0.1) is 12.6 Å². The minimum atomic E-state index is 0. The highest BCUT2D eigenvalue weighted by atomic mass is 35.5. The van der Waals surface area contributed by atoms with Crippen LogP contribution in [0, 0.1) is 0 Å². The highest BCUT2D eigenvalue weighted by Crippen LogP contribution is 1.96. The Labute approximate surface area is 98.3 Å². The third-order valence-corrected chi connectivity index (χ3v) is 2.05. The number of hydrogen-bond donors (Lipinski definition) is 2. The van der Waals surface area contributed by atoms with Gasteiger partial charge in [-0.1, -0.05) is 6.92 Å². The molecule has 92 valence electrons. The van der Waals surface area contributed by atoms with Crippen molar-refractivity contribution in [3.63, 3.8) is 0 Å². The second kappa shape index (κ2) is 10.2. The van der Waals surface area contributed by atoms with Crippen LogP contribution in [0.1, 0.15) is 33.1 Å². The summed E-state index contributed by atoms with van der Waals surface area (Å²) in [6.07, 6.45) is 2.12. The third kappa shape index (κ3) is 9.97. The van der Waals surface area contributed by atoms with Gasteiger partial charge in [-0.15, -0.1) is 12.4 Å². The summed E-state index contributed by atoms with van der Waals surface area (Å²) < 4.78 is 4.98. The topological polar surface area (TPSA) is 64.3 Å². The van der Waals surface area contributed by atoms with Crippen LogP contribution in [-0.2, 0) is 9.53 Å². The van der Waals surface area contributed by atoms with Gasteiger partial charge in [0.25, 0.3) is 0 Å². The first-order valence-corrected chi connectivity index (χ1v) is 5.14. The summed E-state index contributed by atoms with van der Waals surface area (Å²) in [5, 5.41) is 2.90. The summed E-state index contributed by atoms with van der Waals surface area (Å²) in [5.41, 5.74) is 5.56. The molecule has 0 aromatic carbocycles. The van der Waals surface area contributed by atoms with E-state index in [4.69, 9.17) is 10.5 Å². The minimum absolute atomic E-state index is 0. The number of halogens is 1. The van der Waals surface area contributed by atoms with Crippen LogP contribution in [0.5, 0.6) is 0 Å². The summed E-state index contributed by atoms with van der Waals surface area (Å²) in [7, 11) is 1.64. The lowest BCUT2D eigenvalue weighted by Gasteiger charge is -2.16. The van der Waals surface area contributed by atoms with E-state index < -0.39 is 0 Å². The van der Waals surface area contributed by atoms with Crippen molar-refractivity contribution in [1.82, 2.24) is 5.32 Å². The Bertz CT molecular complexity index is 166. The molecule has 15 heavy (non-hydrogen) atoms. The molecule has 2 atom stereocenters. The van der Waals surface area contributed by atoms with Crippen molar-refractivity contribution in [3.8, 4) is 0 Å². The first kappa shape index (κ1) is 17.1. The van der Waals surface area contributed by atoms with Crippen molar-refractivity contribution in [3.05, 3.63) is 0 Å². The van der Waals surface area contributed by atoms with Crippen LogP contribution in [0.4, 0.5) is 0 Å². The first-order valence-electron chi connectivity index (χ1n) is 5.14. The summed E-state index contributed by atoms with van der Waals surface area (Å²) >= 11 is 0. The molecule has 0 aliphatic carbocycles. The molecule has 0 heterocycles. The Balaban J connectivity index is 0. The molecular weight excluding hydrogens is 216 g/mol. The maximum absolute atomic E-state index is 11.4. The number of amides is 1. The van der Waals surface area contributed by atoms with Crippen LogP contribution < -0.4 is 11.1 Å². The van der Waals surface area contributed by atoms with E-state index in [1.807, 2.05) is 13.8 Å². The summed E-state index contributed by atoms with van der Waals surface area (Å²) in [6, 6.07) is 0.212. The lowest BCUT2D eigenvalue weighted by Crippen LogP contribution is -2.37. The maximum Gasteiger partial charge on any atom is 0.220 e. The summed E-state index contributed by atoms with van der Waals surface area (Å²) in [6.45, 7) is 4.50. The fraction of sp³-hybridized carbons (Fsp3) is 0.900. The van der Waals surface area contributed by atoms with E-state index in [1.54, 1.807) is 7.11 Å². The van der Waals surface area contributed by atoms with Crippen LogP contribution in [0.25, 0.3) is 0 Å². The predicted molar refractivity (Wildman–Crippen MR) is 64.2 cm³/mol. The van der Waals surface area contributed by atoms with Crippen LogP contribution >= 0.6 is 12.4 Å². The van der Waals surface area contributed by atoms with E-state index in [0.717, 1.165) is 12.8 Å². The lowest BCUT2D eigenvalue weighted by molar-refractivity contribution is -0.122. The monoisotopic (exact) mass is 238 g/mol. The highest BCUT2D eigenvalue weighted by molar-refractivity contribution is 5.85. The number of carbonyl (C=O) groups excluding carboxylic acids is 1. The van der Waals surface area contributed by atoms with Crippen molar-refractivity contribution in [2.75, 3.05) is 13.7 Å². The second-order valence-corrected chi connectivity index (χ2v) is 3.64. The van der Waals surface area contributed by atoms with Gasteiger partial charge < -0.3 is 15.8 Å². The number of methoxy groups -OCH3 is 1. The first-order chi connectivity index (χ1) is 6.60. The molecule has 0 aromatic heterocycles. The molecule has 0 radical (unpaired) electrons. The molecule has 0 saturated carbocycles. The molecule has 0 spiro atoms. The summed E-state index contributed by atoms with van der Waals surface area (Å²) in [4.78, 5) is 11.4. The Morgan fingerprint density at radius 1 is 1.53 bits per heavy atom. The van der Waals surface area contributed by atoms with Crippen LogP contribution in [0.15, 0.2) is 0 Å². The van der Waals surface area contributed by atoms with Crippen molar-refractivity contribution < 1.29 is 9.53 Å². The second-order valence-electron chi connectivity index (χ2n) is 3.64. The predicted octanol–water partition coefficient (Wildman–Crippen LogP) is 1.08. The van der Waals surface area contributed by atoms with Gasteiger partial charge in [0.15, 0.2) is 0 Å². The molecule has 2 unspecified atom stereocenters. The van der Waals surface area contributed by atoms with Gasteiger partial charge in [0.1, 0.15) is 0 Å². The molecule has 0 aliphatic heterocycles.